The number of nitrogens with one attached hydrogen (secondary N) is 1. The van der Waals surface area contributed by atoms with Crippen LogP contribution in [0.2, 0.25) is 0 Å². The molecule has 1 aromatic heterocycles. The molecule has 2 N–H and O–H groups in total. The van der Waals surface area contributed by atoms with Crippen LogP contribution in [0.4, 0.5) is 13.2 Å². The summed E-state index contributed by atoms with van der Waals surface area (Å²) >= 11 is 1.40. The maximum Gasteiger partial charge on any atom is 0.315 e. The van der Waals surface area contributed by atoms with E-state index in [0.29, 0.717) is 5.57 Å². The van der Waals surface area contributed by atoms with Gasteiger partial charge in [-0.1, -0.05) is 24.8 Å². The molecule has 4 nitrogen and oxygen atoms in total. The van der Waals surface area contributed by atoms with Crippen molar-refractivity contribution in [2.24, 2.45) is 0 Å². The van der Waals surface area contributed by atoms with E-state index in [2.05, 4.69) is 11.6 Å². The second kappa shape index (κ2) is 9.26. The Hall–Kier alpha value is -1.93. The Morgan fingerprint density at radius 2 is 2.22 bits per heavy atom. The standard InChI is InChI=1S/C15H17F3N2O2S/c1-3-10(12-7-19-8-23-12)5-4-9(2)13(21)11(6-16)20-15(22)14(17)18/h3-5,7-8,11,13-14,21H,1,6H2,2H3,(H,20,22)/b9-4+,10-5+/t11-,13-/m1/s1. The lowest BCUT2D eigenvalue weighted by Gasteiger charge is -2.21. The molecule has 0 saturated heterocycles. The van der Waals surface area contributed by atoms with Crippen molar-refractivity contribution in [3.8, 4) is 0 Å². The summed E-state index contributed by atoms with van der Waals surface area (Å²) in [5, 5.41) is 11.8. The summed E-state index contributed by atoms with van der Waals surface area (Å²) in [7, 11) is 0. The van der Waals surface area contributed by atoms with Gasteiger partial charge in [-0.25, -0.2) is 4.39 Å². The monoisotopic (exact) mass is 346 g/mol. The topological polar surface area (TPSA) is 62.2 Å². The van der Waals surface area contributed by atoms with Gasteiger partial charge in [-0.3, -0.25) is 9.78 Å². The molecule has 0 aromatic carbocycles. The molecule has 1 amide bonds. The van der Waals surface area contributed by atoms with Gasteiger partial charge in [0.2, 0.25) is 0 Å². The molecule has 0 spiro atoms. The number of alkyl halides is 3. The number of thiazole rings is 1. The molecule has 8 heteroatoms. The molecule has 1 aromatic rings. The summed E-state index contributed by atoms with van der Waals surface area (Å²) in [6.45, 7) is 4.01. The van der Waals surface area contributed by atoms with Crippen molar-refractivity contribution in [1.29, 1.82) is 0 Å². The molecule has 1 heterocycles. The van der Waals surface area contributed by atoms with E-state index in [4.69, 9.17) is 0 Å². The first-order chi connectivity index (χ1) is 10.9. The van der Waals surface area contributed by atoms with Crippen LogP contribution in [-0.4, -0.2) is 41.2 Å². The fourth-order valence-electron chi connectivity index (χ4n) is 1.69. The minimum Gasteiger partial charge on any atom is -0.387 e. The number of amides is 1. The van der Waals surface area contributed by atoms with Crippen LogP contribution in [-0.2, 0) is 4.79 Å². The Morgan fingerprint density at radius 1 is 1.52 bits per heavy atom. The van der Waals surface area contributed by atoms with E-state index in [9.17, 15) is 23.1 Å². The van der Waals surface area contributed by atoms with Crippen LogP contribution < -0.4 is 5.32 Å². The normalized spacial score (nSPS) is 15.4. The van der Waals surface area contributed by atoms with E-state index < -0.39 is 31.2 Å². The molecule has 0 saturated carbocycles. The Morgan fingerprint density at radius 3 is 2.70 bits per heavy atom. The summed E-state index contributed by atoms with van der Waals surface area (Å²) in [5.74, 6) is -1.62. The Labute approximate surface area is 136 Å². The lowest BCUT2D eigenvalue weighted by atomic mass is 10.0. The lowest BCUT2D eigenvalue weighted by molar-refractivity contribution is -0.133. The van der Waals surface area contributed by atoms with Crippen LogP contribution in [0.1, 0.15) is 11.8 Å². The van der Waals surface area contributed by atoms with Crippen molar-refractivity contribution in [3.63, 3.8) is 0 Å². The van der Waals surface area contributed by atoms with Crippen LogP contribution in [0.15, 0.2) is 42.1 Å². The number of aliphatic hydroxyl groups is 1. The number of carbonyl (C=O) groups excluding carboxylic acids is 1. The van der Waals surface area contributed by atoms with Gasteiger partial charge in [0.25, 0.3) is 5.91 Å². The summed E-state index contributed by atoms with van der Waals surface area (Å²) in [6.07, 6.45) is 1.70. The maximum atomic E-state index is 12.9. The highest BCUT2D eigenvalue weighted by atomic mass is 32.1. The molecule has 0 fully saturated rings. The third kappa shape index (κ3) is 5.65. The van der Waals surface area contributed by atoms with Crippen molar-refractivity contribution in [3.05, 3.63) is 47.0 Å². The quantitative estimate of drug-likeness (QED) is 0.712. The molecule has 126 valence electrons. The minimum absolute atomic E-state index is 0.311. The van der Waals surface area contributed by atoms with Crippen molar-refractivity contribution in [1.82, 2.24) is 10.3 Å². The number of aliphatic hydroxyl groups excluding tert-OH is 1. The van der Waals surface area contributed by atoms with Crippen LogP contribution >= 0.6 is 11.3 Å². The zero-order valence-electron chi connectivity index (χ0n) is 12.4. The van der Waals surface area contributed by atoms with Crippen molar-refractivity contribution >= 4 is 22.8 Å². The average Bonchev–Trinajstić information content (AvgIpc) is 3.06. The van der Waals surface area contributed by atoms with Gasteiger partial charge < -0.3 is 10.4 Å². The van der Waals surface area contributed by atoms with Crippen molar-refractivity contribution in [2.75, 3.05) is 6.67 Å². The number of halogens is 3. The molecule has 0 aliphatic heterocycles. The van der Waals surface area contributed by atoms with Crippen LogP contribution in [0.5, 0.6) is 0 Å². The molecule has 0 unspecified atom stereocenters. The molecule has 0 radical (unpaired) electrons. The fourth-order valence-corrected chi connectivity index (χ4v) is 2.34. The van der Waals surface area contributed by atoms with E-state index >= 15 is 0 Å². The SMILES string of the molecule is C=C/C(=C\C=C(/C)[C@@H](O)[C@@H](CF)NC(=O)C(F)F)c1cncs1. The number of hydrogen-bond acceptors (Lipinski definition) is 4. The van der Waals surface area contributed by atoms with Gasteiger partial charge in [0.15, 0.2) is 0 Å². The molecular weight excluding hydrogens is 329 g/mol. The number of carbonyl (C=O) groups is 1. The van der Waals surface area contributed by atoms with Crippen molar-refractivity contribution in [2.45, 2.75) is 25.5 Å². The van der Waals surface area contributed by atoms with E-state index in [0.717, 1.165) is 10.5 Å². The number of rotatable bonds is 8. The molecule has 2 atom stereocenters. The molecule has 0 aliphatic carbocycles. The summed E-state index contributed by atoms with van der Waals surface area (Å²) < 4.78 is 37.3. The van der Waals surface area contributed by atoms with Gasteiger partial charge in [0, 0.05) is 6.20 Å². The average molecular weight is 346 g/mol. The number of hydrogen-bond donors (Lipinski definition) is 2. The highest BCUT2D eigenvalue weighted by Crippen LogP contribution is 2.20. The molecule has 0 aliphatic rings. The zero-order chi connectivity index (χ0) is 17.4. The van der Waals surface area contributed by atoms with E-state index in [1.165, 1.54) is 24.3 Å². The lowest BCUT2D eigenvalue weighted by Crippen LogP contribution is -2.47. The smallest absolute Gasteiger partial charge is 0.315 e. The van der Waals surface area contributed by atoms with Crippen LogP contribution in [0.25, 0.3) is 5.57 Å². The van der Waals surface area contributed by atoms with Gasteiger partial charge >= 0.3 is 6.43 Å². The largest absolute Gasteiger partial charge is 0.387 e. The first-order valence-electron chi connectivity index (χ1n) is 6.63. The zero-order valence-corrected chi connectivity index (χ0v) is 13.2. The van der Waals surface area contributed by atoms with E-state index in [-0.39, 0.29) is 0 Å². The minimum atomic E-state index is -3.26. The second-order valence-corrected chi connectivity index (χ2v) is 5.50. The Kier molecular flexibility index (Phi) is 7.70. The molecule has 23 heavy (non-hydrogen) atoms. The van der Waals surface area contributed by atoms with Gasteiger partial charge in [0.05, 0.1) is 22.5 Å². The van der Waals surface area contributed by atoms with Crippen LogP contribution in [0, 0.1) is 0 Å². The second-order valence-electron chi connectivity index (χ2n) is 4.62. The first-order valence-corrected chi connectivity index (χ1v) is 7.51. The maximum absolute atomic E-state index is 12.9. The van der Waals surface area contributed by atoms with E-state index in [1.807, 2.05) is 0 Å². The third-order valence-corrected chi connectivity index (χ3v) is 3.82. The highest BCUT2D eigenvalue weighted by Gasteiger charge is 2.26. The summed E-state index contributed by atoms with van der Waals surface area (Å²) in [6, 6.07) is -1.43. The van der Waals surface area contributed by atoms with Gasteiger partial charge in [0.1, 0.15) is 6.67 Å². The predicted octanol–water partition coefficient (Wildman–Crippen LogP) is 2.74. The number of nitrogens with zero attached hydrogens (tertiary/aromatic N) is 1. The molecular formula is C15H17F3N2O2S. The van der Waals surface area contributed by atoms with Crippen molar-refractivity contribution < 1.29 is 23.1 Å². The summed E-state index contributed by atoms with van der Waals surface area (Å²) in [4.78, 5) is 15.7. The highest BCUT2D eigenvalue weighted by molar-refractivity contribution is 7.10. The Balaban J connectivity index is 2.86. The molecule has 0 bridgehead atoms. The molecule has 1 rings (SSSR count). The number of allylic oxidation sites excluding steroid dienone is 4. The fraction of sp³-hybridized carbons (Fsp3) is 0.333. The van der Waals surface area contributed by atoms with E-state index in [1.54, 1.807) is 29.2 Å². The van der Waals surface area contributed by atoms with Gasteiger partial charge in [-0.15, -0.1) is 11.3 Å². The Bertz CT molecular complexity index is 586. The predicted molar refractivity (Wildman–Crippen MR) is 84.0 cm³/mol. The van der Waals surface area contributed by atoms with Gasteiger partial charge in [-0.2, -0.15) is 8.78 Å². The van der Waals surface area contributed by atoms with Crippen LogP contribution in [0.3, 0.4) is 0 Å². The summed E-state index contributed by atoms with van der Waals surface area (Å²) in [5.41, 5.74) is 2.70. The van der Waals surface area contributed by atoms with Gasteiger partial charge in [-0.05, 0) is 18.1 Å². The first kappa shape index (κ1) is 19.1. The number of aromatic nitrogens is 1. The third-order valence-electron chi connectivity index (χ3n) is 3.00.